The second kappa shape index (κ2) is 5.31. The number of nitrogens with zero attached hydrogens (tertiary/aromatic N) is 4. The number of aromatic nitrogens is 4. The SMILES string of the molecule is CCc1nn2cc(-c3nc4ccc(OC5CCC5)cc4o3)nc2s1. The van der Waals surface area contributed by atoms with Crippen molar-refractivity contribution < 1.29 is 9.15 Å². The lowest BCUT2D eigenvalue weighted by Crippen LogP contribution is -2.24. The Morgan fingerprint density at radius 2 is 2.25 bits per heavy atom. The van der Waals surface area contributed by atoms with E-state index in [4.69, 9.17) is 9.15 Å². The predicted octanol–water partition coefficient (Wildman–Crippen LogP) is 4.09. The van der Waals surface area contributed by atoms with Gasteiger partial charge in [-0.1, -0.05) is 18.3 Å². The molecule has 1 aliphatic rings. The van der Waals surface area contributed by atoms with Crippen molar-refractivity contribution in [3.63, 3.8) is 0 Å². The van der Waals surface area contributed by atoms with Crippen LogP contribution in [0.5, 0.6) is 5.75 Å². The highest BCUT2D eigenvalue weighted by atomic mass is 32.1. The molecule has 0 aliphatic heterocycles. The van der Waals surface area contributed by atoms with Crippen molar-refractivity contribution in [1.82, 2.24) is 19.6 Å². The van der Waals surface area contributed by atoms with E-state index in [9.17, 15) is 0 Å². The van der Waals surface area contributed by atoms with Gasteiger partial charge in [-0.25, -0.2) is 14.5 Å². The molecule has 24 heavy (non-hydrogen) atoms. The van der Waals surface area contributed by atoms with Gasteiger partial charge in [-0.15, -0.1) is 0 Å². The van der Waals surface area contributed by atoms with Gasteiger partial charge >= 0.3 is 0 Å². The van der Waals surface area contributed by atoms with Crippen LogP contribution in [0.15, 0.2) is 28.8 Å². The van der Waals surface area contributed by atoms with Crippen LogP contribution in [0.3, 0.4) is 0 Å². The molecule has 1 aromatic carbocycles. The number of benzene rings is 1. The highest BCUT2D eigenvalue weighted by Crippen LogP contribution is 2.30. The summed E-state index contributed by atoms with van der Waals surface area (Å²) in [5.41, 5.74) is 2.24. The molecule has 6 nitrogen and oxygen atoms in total. The first kappa shape index (κ1) is 14.0. The van der Waals surface area contributed by atoms with Gasteiger partial charge in [-0.3, -0.25) is 0 Å². The minimum absolute atomic E-state index is 0.351. The molecule has 7 heteroatoms. The van der Waals surface area contributed by atoms with Crippen molar-refractivity contribution in [2.45, 2.75) is 38.7 Å². The number of hydrogen-bond acceptors (Lipinski definition) is 6. The Morgan fingerprint density at radius 1 is 1.33 bits per heavy atom. The van der Waals surface area contributed by atoms with Crippen molar-refractivity contribution in [3.8, 4) is 17.3 Å². The molecule has 0 saturated heterocycles. The van der Waals surface area contributed by atoms with Crippen molar-refractivity contribution in [1.29, 1.82) is 0 Å². The fourth-order valence-corrected chi connectivity index (χ4v) is 3.57. The van der Waals surface area contributed by atoms with Crippen LogP contribution in [0.2, 0.25) is 0 Å². The lowest BCUT2D eigenvalue weighted by Gasteiger charge is -2.26. The topological polar surface area (TPSA) is 65.5 Å². The zero-order chi connectivity index (χ0) is 16.1. The molecule has 5 rings (SSSR count). The molecule has 4 aromatic rings. The Hall–Kier alpha value is -2.41. The van der Waals surface area contributed by atoms with Crippen LogP contribution in [0, 0.1) is 0 Å². The van der Waals surface area contributed by atoms with Crippen LogP contribution in [0.1, 0.15) is 31.2 Å². The van der Waals surface area contributed by atoms with Gasteiger partial charge in [0.25, 0.3) is 0 Å². The third kappa shape index (κ3) is 2.27. The van der Waals surface area contributed by atoms with E-state index in [0.29, 0.717) is 17.7 Å². The zero-order valence-corrected chi connectivity index (χ0v) is 14.0. The average molecular weight is 340 g/mol. The Labute approximate surface area is 142 Å². The van der Waals surface area contributed by atoms with Crippen LogP contribution < -0.4 is 4.74 Å². The first-order chi connectivity index (χ1) is 11.8. The minimum Gasteiger partial charge on any atom is -0.490 e. The quantitative estimate of drug-likeness (QED) is 0.560. The molecule has 0 N–H and O–H groups in total. The van der Waals surface area contributed by atoms with Crippen LogP contribution in [0.25, 0.3) is 27.6 Å². The summed E-state index contributed by atoms with van der Waals surface area (Å²) in [5, 5.41) is 5.55. The molecular formula is C17H16N4O2S. The maximum absolute atomic E-state index is 5.92. The van der Waals surface area contributed by atoms with Crippen molar-refractivity contribution in [3.05, 3.63) is 29.4 Å². The third-order valence-corrected chi connectivity index (χ3v) is 5.39. The number of aryl methyl sites for hydroxylation is 1. The number of fused-ring (bicyclic) bond motifs is 2. The van der Waals surface area contributed by atoms with Gasteiger partial charge in [0.05, 0.1) is 12.3 Å². The summed E-state index contributed by atoms with van der Waals surface area (Å²) in [7, 11) is 0. The average Bonchev–Trinajstić information content (AvgIpc) is 3.21. The summed E-state index contributed by atoms with van der Waals surface area (Å²) in [5.74, 6) is 1.36. The normalized spacial score (nSPS) is 15.2. The summed E-state index contributed by atoms with van der Waals surface area (Å²) >= 11 is 1.59. The molecule has 122 valence electrons. The molecule has 0 spiro atoms. The Kier molecular flexibility index (Phi) is 3.09. The van der Waals surface area contributed by atoms with Gasteiger partial charge in [-0.2, -0.15) is 5.10 Å². The van der Waals surface area contributed by atoms with Crippen LogP contribution in [0.4, 0.5) is 0 Å². The highest BCUT2D eigenvalue weighted by molar-refractivity contribution is 7.16. The summed E-state index contributed by atoms with van der Waals surface area (Å²) in [4.78, 5) is 9.96. The van der Waals surface area contributed by atoms with Gasteiger partial charge in [0, 0.05) is 6.07 Å². The molecule has 3 heterocycles. The summed E-state index contributed by atoms with van der Waals surface area (Å²) in [6.07, 6.45) is 6.65. The molecule has 0 radical (unpaired) electrons. The molecule has 1 aliphatic carbocycles. The first-order valence-corrected chi connectivity index (χ1v) is 9.03. The molecule has 0 bridgehead atoms. The molecule has 0 amide bonds. The van der Waals surface area contributed by atoms with Gasteiger partial charge in [0.2, 0.25) is 10.9 Å². The van der Waals surface area contributed by atoms with E-state index in [1.165, 1.54) is 6.42 Å². The van der Waals surface area contributed by atoms with Gasteiger partial charge < -0.3 is 9.15 Å². The van der Waals surface area contributed by atoms with Crippen molar-refractivity contribution in [2.75, 3.05) is 0 Å². The minimum atomic E-state index is 0.351. The van der Waals surface area contributed by atoms with Crippen molar-refractivity contribution >= 4 is 27.4 Å². The second-order valence-corrected chi connectivity index (χ2v) is 7.06. The fourth-order valence-electron chi connectivity index (χ4n) is 2.76. The standard InChI is InChI=1S/C17H16N4O2S/c1-2-15-20-21-9-13(19-17(21)24-15)16-18-12-7-6-11(8-14(12)23-16)22-10-4-3-5-10/h6-10H,2-5H2,1H3. The Morgan fingerprint density at radius 3 is 3.00 bits per heavy atom. The molecule has 1 fully saturated rings. The Balaban J connectivity index is 1.49. The molecular weight excluding hydrogens is 324 g/mol. The largest absolute Gasteiger partial charge is 0.490 e. The maximum atomic E-state index is 5.92. The van der Waals surface area contributed by atoms with Crippen molar-refractivity contribution in [2.24, 2.45) is 0 Å². The number of imidazole rings is 1. The number of hydrogen-bond donors (Lipinski definition) is 0. The van der Waals surface area contributed by atoms with Crippen LogP contribution in [-0.4, -0.2) is 25.7 Å². The summed E-state index contributed by atoms with van der Waals surface area (Å²) in [6, 6.07) is 5.80. The van der Waals surface area contributed by atoms with Gasteiger partial charge in [-0.05, 0) is 37.8 Å². The van der Waals surface area contributed by atoms with Gasteiger partial charge in [0.1, 0.15) is 22.0 Å². The van der Waals surface area contributed by atoms with E-state index in [0.717, 1.165) is 46.1 Å². The number of oxazole rings is 1. The smallest absolute Gasteiger partial charge is 0.247 e. The number of rotatable bonds is 4. The van der Waals surface area contributed by atoms with Crippen LogP contribution in [-0.2, 0) is 6.42 Å². The maximum Gasteiger partial charge on any atom is 0.247 e. The zero-order valence-electron chi connectivity index (χ0n) is 13.2. The number of ether oxygens (including phenoxy) is 1. The third-order valence-electron chi connectivity index (χ3n) is 4.32. The lowest BCUT2D eigenvalue weighted by atomic mass is 9.96. The fraction of sp³-hybridized carbons (Fsp3) is 0.353. The lowest BCUT2D eigenvalue weighted by molar-refractivity contribution is 0.120. The molecule has 0 unspecified atom stereocenters. The van der Waals surface area contributed by atoms with Crippen LogP contribution >= 0.6 is 11.3 Å². The monoisotopic (exact) mass is 340 g/mol. The van der Waals surface area contributed by atoms with Gasteiger partial charge in [0.15, 0.2) is 5.58 Å². The Bertz CT molecular complexity index is 996. The van der Waals surface area contributed by atoms with E-state index >= 15 is 0 Å². The predicted molar refractivity (Wildman–Crippen MR) is 91.5 cm³/mol. The van der Waals surface area contributed by atoms with E-state index in [1.807, 2.05) is 24.4 Å². The van der Waals surface area contributed by atoms with E-state index in [-0.39, 0.29) is 0 Å². The van der Waals surface area contributed by atoms with E-state index < -0.39 is 0 Å². The summed E-state index contributed by atoms with van der Waals surface area (Å²) < 4.78 is 13.6. The molecule has 3 aromatic heterocycles. The second-order valence-electron chi connectivity index (χ2n) is 6.02. The molecule has 0 atom stereocenters. The first-order valence-electron chi connectivity index (χ1n) is 8.21. The van der Waals surface area contributed by atoms with E-state index in [1.54, 1.807) is 15.9 Å². The van der Waals surface area contributed by atoms with E-state index in [2.05, 4.69) is 22.0 Å². The summed E-state index contributed by atoms with van der Waals surface area (Å²) in [6.45, 7) is 2.09. The molecule has 1 saturated carbocycles. The highest BCUT2D eigenvalue weighted by Gasteiger charge is 2.20.